The molecular weight excluding hydrogens is 418 g/mol. The average Bonchev–Trinajstić information content (AvgIpc) is 3.23. The highest BCUT2D eigenvalue weighted by Gasteiger charge is 2.31. The summed E-state index contributed by atoms with van der Waals surface area (Å²) in [5.74, 6) is 0.347. The molecule has 1 saturated heterocycles. The third-order valence-electron chi connectivity index (χ3n) is 6.22. The Morgan fingerprint density at radius 2 is 1.91 bits per heavy atom. The van der Waals surface area contributed by atoms with Crippen molar-refractivity contribution in [2.75, 3.05) is 13.2 Å². The zero-order valence-corrected chi connectivity index (χ0v) is 19.0. The summed E-state index contributed by atoms with van der Waals surface area (Å²) in [6.45, 7) is 5.52. The Balaban J connectivity index is 1.56. The maximum atomic E-state index is 11.1. The van der Waals surface area contributed by atoms with Gasteiger partial charge < -0.3 is 9.84 Å². The zero-order valence-electron chi connectivity index (χ0n) is 18.2. The molecule has 0 bridgehead atoms. The number of aromatic nitrogens is 2. The van der Waals surface area contributed by atoms with E-state index in [4.69, 9.17) is 4.74 Å². The molecule has 5 rings (SSSR count). The van der Waals surface area contributed by atoms with Crippen LogP contribution in [0, 0.1) is 11.3 Å². The van der Waals surface area contributed by atoms with E-state index in [-0.39, 0.29) is 0 Å². The molecule has 3 heterocycles. The molecule has 0 saturated carbocycles. The predicted molar refractivity (Wildman–Crippen MR) is 126 cm³/mol. The van der Waals surface area contributed by atoms with Gasteiger partial charge in [0.2, 0.25) is 0 Å². The van der Waals surface area contributed by atoms with Gasteiger partial charge in [-0.1, -0.05) is 43.8 Å². The van der Waals surface area contributed by atoms with Crippen LogP contribution in [-0.2, 0) is 10.3 Å². The van der Waals surface area contributed by atoms with E-state index in [2.05, 4.69) is 61.3 Å². The topological polar surface area (TPSA) is 70.6 Å². The number of nitrogens with zero attached hydrogens (tertiary/aromatic N) is 3. The van der Waals surface area contributed by atoms with Crippen molar-refractivity contribution in [1.29, 1.82) is 5.26 Å². The van der Waals surface area contributed by atoms with E-state index in [1.54, 1.807) is 18.0 Å². The quantitative estimate of drug-likeness (QED) is 0.442. The van der Waals surface area contributed by atoms with Crippen molar-refractivity contribution in [3.05, 3.63) is 71.5 Å². The van der Waals surface area contributed by atoms with Crippen molar-refractivity contribution >= 4 is 28.3 Å². The molecule has 1 aliphatic rings. The van der Waals surface area contributed by atoms with Gasteiger partial charge in [0.15, 0.2) is 5.69 Å². The molecule has 0 radical (unpaired) electrons. The van der Waals surface area contributed by atoms with Crippen molar-refractivity contribution in [1.82, 2.24) is 9.38 Å². The number of hydrogen-bond donors (Lipinski definition) is 1. The van der Waals surface area contributed by atoms with Crippen LogP contribution in [0.25, 0.3) is 16.6 Å². The fraction of sp³-hybridized carbons (Fsp3) is 0.308. The summed E-state index contributed by atoms with van der Waals surface area (Å²) in [4.78, 5) is 6.65. The number of hydrogen-bond acceptors (Lipinski definition) is 5. The lowest BCUT2D eigenvalue weighted by Crippen LogP contribution is -2.33. The summed E-state index contributed by atoms with van der Waals surface area (Å²) in [5, 5.41) is 21.6. The Morgan fingerprint density at radius 1 is 1.12 bits per heavy atom. The molecule has 162 valence electrons. The molecule has 2 aromatic heterocycles. The molecule has 0 spiro atoms. The van der Waals surface area contributed by atoms with Gasteiger partial charge in [0.25, 0.3) is 0 Å². The minimum Gasteiger partial charge on any atom is -0.385 e. The van der Waals surface area contributed by atoms with E-state index >= 15 is 0 Å². The normalized spacial score (nSPS) is 16.0. The van der Waals surface area contributed by atoms with E-state index in [1.807, 2.05) is 16.5 Å². The number of ether oxygens (including phenoxy) is 1. The summed E-state index contributed by atoms with van der Waals surface area (Å²) in [7, 11) is 0. The lowest BCUT2D eigenvalue weighted by Gasteiger charge is -2.32. The first-order valence-corrected chi connectivity index (χ1v) is 11.7. The number of aliphatic hydroxyl groups is 1. The second-order valence-corrected chi connectivity index (χ2v) is 9.82. The molecule has 5 nitrogen and oxygen atoms in total. The molecule has 1 fully saturated rings. The highest BCUT2D eigenvalue weighted by atomic mass is 32.2. The molecule has 0 unspecified atom stereocenters. The first-order chi connectivity index (χ1) is 15.5. The average molecular weight is 444 g/mol. The second kappa shape index (κ2) is 8.25. The highest BCUT2D eigenvalue weighted by molar-refractivity contribution is 7.99. The Hall–Kier alpha value is -2.85. The molecule has 4 aromatic rings. The molecule has 1 aliphatic heterocycles. The minimum atomic E-state index is -0.818. The summed E-state index contributed by atoms with van der Waals surface area (Å²) >= 11 is 1.67. The first kappa shape index (κ1) is 21.0. The number of rotatable bonds is 4. The van der Waals surface area contributed by atoms with Gasteiger partial charge in [-0.05, 0) is 47.4 Å². The van der Waals surface area contributed by atoms with Gasteiger partial charge in [-0.3, -0.25) is 4.40 Å². The molecule has 2 aromatic carbocycles. The van der Waals surface area contributed by atoms with E-state index in [0.717, 1.165) is 26.5 Å². The zero-order chi connectivity index (χ0) is 22.3. The Morgan fingerprint density at radius 3 is 2.66 bits per heavy atom. The summed E-state index contributed by atoms with van der Waals surface area (Å²) < 4.78 is 7.44. The number of nitriles is 1. The van der Waals surface area contributed by atoms with E-state index in [0.29, 0.717) is 37.7 Å². The van der Waals surface area contributed by atoms with Crippen LogP contribution in [0.3, 0.4) is 0 Å². The molecule has 0 aliphatic carbocycles. The smallest absolute Gasteiger partial charge is 0.159 e. The van der Waals surface area contributed by atoms with Crippen LogP contribution in [0.5, 0.6) is 0 Å². The van der Waals surface area contributed by atoms with Crippen molar-refractivity contribution in [3.8, 4) is 6.07 Å². The molecule has 6 heteroatoms. The molecule has 1 N–H and O–H groups in total. The number of benzene rings is 2. The Labute approximate surface area is 191 Å². The van der Waals surface area contributed by atoms with Crippen LogP contribution in [0.1, 0.15) is 49.4 Å². The van der Waals surface area contributed by atoms with E-state index in [1.165, 1.54) is 10.9 Å². The van der Waals surface area contributed by atoms with Crippen molar-refractivity contribution in [2.24, 2.45) is 0 Å². The molecule has 32 heavy (non-hydrogen) atoms. The lowest BCUT2D eigenvalue weighted by atomic mass is 9.87. The van der Waals surface area contributed by atoms with E-state index in [9.17, 15) is 10.4 Å². The highest BCUT2D eigenvalue weighted by Crippen LogP contribution is 2.37. The predicted octanol–water partition coefficient (Wildman–Crippen LogP) is 5.63. The maximum absolute atomic E-state index is 11.1. The SMILES string of the molecule is CC(C)c1cc2nc(C#N)cn2c2cc(Sc3cccc(C4(O)CCOCC4)c3)ccc12. The third-order valence-corrected chi connectivity index (χ3v) is 7.20. The van der Waals surface area contributed by atoms with Gasteiger partial charge >= 0.3 is 0 Å². The molecule has 0 atom stereocenters. The monoisotopic (exact) mass is 443 g/mol. The van der Waals surface area contributed by atoms with Crippen molar-refractivity contribution in [3.63, 3.8) is 0 Å². The summed E-state index contributed by atoms with van der Waals surface area (Å²) in [6.07, 6.45) is 3.04. The lowest BCUT2D eigenvalue weighted by molar-refractivity contribution is -0.0680. The summed E-state index contributed by atoms with van der Waals surface area (Å²) in [5.41, 5.74) is 3.61. The van der Waals surface area contributed by atoms with Crippen molar-refractivity contribution in [2.45, 2.75) is 48.0 Å². The fourth-order valence-corrected chi connectivity index (χ4v) is 5.35. The largest absolute Gasteiger partial charge is 0.385 e. The Kier molecular flexibility index (Phi) is 5.42. The Bertz CT molecular complexity index is 1350. The van der Waals surface area contributed by atoms with Crippen LogP contribution in [0.2, 0.25) is 0 Å². The third kappa shape index (κ3) is 3.77. The van der Waals surface area contributed by atoms with Gasteiger partial charge in [-0.15, -0.1) is 0 Å². The molecule has 0 amide bonds. The van der Waals surface area contributed by atoms with E-state index < -0.39 is 5.60 Å². The van der Waals surface area contributed by atoms with Crippen LogP contribution >= 0.6 is 11.8 Å². The molecular formula is C26H25N3O2S. The van der Waals surface area contributed by atoms with Gasteiger partial charge in [0.05, 0.1) is 11.1 Å². The van der Waals surface area contributed by atoms with Crippen LogP contribution in [0.4, 0.5) is 0 Å². The minimum absolute atomic E-state index is 0.347. The first-order valence-electron chi connectivity index (χ1n) is 10.9. The number of pyridine rings is 1. The van der Waals surface area contributed by atoms with Crippen LogP contribution in [0.15, 0.2) is 64.5 Å². The number of fused-ring (bicyclic) bond motifs is 3. The van der Waals surface area contributed by atoms with Crippen LogP contribution < -0.4 is 0 Å². The standard InChI is InChI=1S/C26H25N3O2S/c1-17(2)23-14-25-28-19(15-27)16-29(25)24-13-21(6-7-22(23)24)32-20-5-3-4-18(12-20)26(30)8-10-31-11-9-26/h3-7,12-14,16-17,30H,8-11H2,1-2H3. The fourth-order valence-electron chi connectivity index (χ4n) is 4.44. The second-order valence-electron chi connectivity index (χ2n) is 8.67. The van der Waals surface area contributed by atoms with Gasteiger partial charge in [-0.2, -0.15) is 5.26 Å². The maximum Gasteiger partial charge on any atom is 0.159 e. The van der Waals surface area contributed by atoms with Gasteiger partial charge in [0, 0.05) is 47.4 Å². The van der Waals surface area contributed by atoms with Gasteiger partial charge in [-0.25, -0.2) is 4.98 Å². The summed E-state index contributed by atoms with van der Waals surface area (Å²) in [6, 6.07) is 18.9. The number of imidazole rings is 1. The van der Waals surface area contributed by atoms with Crippen molar-refractivity contribution < 1.29 is 9.84 Å². The van der Waals surface area contributed by atoms with Crippen LogP contribution in [-0.4, -0.2) is 27.7 Å². The van der Waals surface area contributed by atoms with Gasteiger partial charge in [0.1, 0.15) is 11.7 Å².